The molecular formula is C17H19N3O3. The highest BCUT2D eigenvalue weighted by Gasteiger charge is 2.42. The fourth-order valence-electron chi connectivity index (χ4n) is 3.25. The molecule has 0 aromatic heterocycles. The van der Waals surface area contributed by atoms with E-state index in [1.807, 2.05) is 0 Å². The summed E-state index contributed by atoms with van der Waals surface area (Å²) < 4.78 is 5.79. The number of morpholine rings is 1. The van der Waals surface area contributed by atoms with Gasteiger partial charge in [0.1, 0.15) is 6.61 Å². The maximum absolute atomic E-state index is 12.6. The number of nitriles is 1. The summed E-state index contributed by atoms with van der Waals surface area (Å²) >= 11 is 0. The highest BCUT2D eigenvalue weighted by Crippen LogP contribution is 2.30. The van der Waals surface area contributed by atoms with Crippen LogP contribution in [0.5, 0.6) is 0 Å². The third kappa shape index (κ3) is 2.92. The number of piperidine rings is 1. The van der Waals surface area contributed by atoms with Crippen molar-refractivity contribution in [3.05, 3.63) is 35.4 Å². The monoisotopic (exact) mass is 313 g/mol. The molecule has 2 aliphatic rings. The molecule has 23 heavy (non-hydrogen) atoms. The van der Waals surface area contributed by atoms with Gasteiger partial charge in [-0.2, -0.15) is 5.26 Å². The van der Waals surface area contributed by atoms with Crippen LogP contribution >= 0.6 is 0 Å². The van der Waals surface area contributed by atoms with Crippen molar-refractivity contribution >= 4 is 11.8 Å². The third-order valence-electron chi connectivity index (χ3n) is 4.69. The summed E-state index contributed by atoms with van der Waals surface area (Å²) in [6.07, 6.45) is 1.40. The minimum atomic E-state index is -0.339. The molecule has 1 spiro atoms. The lowest BCUT2D eigenvalue weighted by Crippen LogP contribution is -2.58. The van der Waals surface area contributed by atoms with Crippen molar-refractivity contribution in [2.75, 3.05) is 33.3 Å². The lowest BCUT2D eigenvalue weighted by atomic mass is 9.89. The molecule has 0 atom stereocenters. The van der Waals surface area contributed by atoms with E-state index in [1.54, 1.807) is 41.1 Å². The molecule has 2 aliphatic heterocycles. The Balaban J connectivity index is 1.68. The summed E-state index contributed by atoms with van der Waals surface area (Å²) in [5.41, 5.74) is 0.508. The number of benzene rings is 1. The minimum absolute atomic E-state index is 0.00271. The first-order valence-electron chi connectivity index (χ1n) is 7.71. The second kappa shape index (κ2) is 6.01. The molecule has 1 aromatic rings. The zero-order valence-corrected chi connectivity index (χ0v) is 13.1. The molecular weight excluding hydrogens is 294 g/mol. The van der Waals surface area contributed by atoms with Crippen molar-refractivity contribution in [2.45, 2.75) is 18.4 Å². The molecule has 120 valence electrons. The molecule has 2 fully saturated rings. The van der Waals surface area contributed by atoms with Gasteiger partial charge in [-0.1, -0.05) is 12.1 Å². The smallest absolute Gasteiger partial charge is 0.255 e. The Morgan fingerprint density at radius 3 is 2.65 bits per heavy atom. The van der Waals surface area contributed by atoms with E-state index < -0.39 is 0 Å². The molecule has 6 heteroatoms. The molecule has 2 saturated heterocycles. The average molecular weight is 313 g/mol. The largest absolute Gasteiger partial charge is 0.363 e. The number of hydrogen-bond donors (Lipinski definition) is 0. The van der Waals surface area contributed by atoms with E-state index in [1.165, 1.54) is 0 Å². The SMILES string of the molecule is CN1CC2(CCN(C(=O)c3ccccc3C#N)CC2)OCC1=O. The van der Waals surface area contributed by atoms with Crippen molar-refractivity contribution < 1.29 is 14.3 Å². The second-order valence-corrected chi connectivity index (χ2v) is 6.17. The first-order valence-corrected chi connectivity index (χ1v) is 7.71. The third-order valence-corrected chi connectivity index (χ3v) is 4.69. The Morgan fingerprint density at radius 1 is 1.30 bits per heavy atom. The van der Waals surface area contributed by atoms with Crippen LogP contribution in [0, 0.1) is 11.3 Å². The number of carbonyl (C=O) groups excluding carboxylic acids is 2. The van der Waals surface area contributed by atoms with E-state index in [2.05, 4.69) is 6.07 Å². The van der Waals surface area contributed by atoms with E-state index in [0.29, 0.717) is 43.6 Å². The summed E-state index contributed by atoms with van der Waals surface area (Å²) in [7, 11) is 1.79. The van der Waals surface area contributed by atoms with Gasteiger partial charge in [0.05, 0.1) is 22.8 Å². The molecule has 2 amide bonds. The number of ether oxygens (including phenoxy) is 1. The Labute approximate surface area is 135 Å². The summed E-state index contributed by atoms with van der Waals surface area (Å²) in [5, 5.41) is 9.14. The van der Waals surface area contributed by atoms with Crippen LogP contribution in [0.2, 0.25) is 0 Å². The normalized spacial score (nSPS) is 20.4. The number of likely N-dealkylation sites (tertiary alicyclic amines) is 1. The Hall–Kier alpha value is -2.39. The molecule has 0 saturated carbocycles. The van der Waals surface area contributed by atoms with Gasteiger partial charge in [0.15, 0.2) is 0 Å². The molecule has 1 aromatic carbocycles. The molecule has 0 aliphatic carbocycles. The van der Waals surface area contributed by atoms with E-state index in [0.717, 1.165) is 0 Å². The minimum Gasteiger partial charge on any atom is -0.363 e. The Morgan fingerprint density at radius 2 is 2.00 bits per heavy atom. The Kier molecular flexibility index (Phi) is 4.05. The average Bonchev–Trinajstić information content (AvgIpc) is 2.59. The standard InChI is InChI=1S/C17H19N3O3/c1-19-12-17(23-11-15(19)21)6-8-20(9-7-17)16(22)14-5-3-2-4-13(14)10-18/h2-5H,6-9,11-12H2,1H3. The molecule has 3 rings (SSSR count). The van der Waals surface area contributed by atoms with Crippen molar-refractivity contribution in [2.24, 2.45) is 0 Å². The Bertz CT molecular complexity index is 672. The van der Waals surface area contributed by atoms with E-state index in [4.69, 9.17) is 10.00 Å². The van der Waals surface area contributed by atoms with Crippen molar-refractivity contribution in [1.29, 1.82) is 5.26 Å². The lowest BCUT2D eigenvalue weighted by molar-refractivity contribution is -0.167. The van der Waals surface area contributed by atoms with E-state index >= 15 is 0 Å². The summed E-state index contributed by atoms with van der Waals surface area (Å²) in [4.78, 5) is 27.7. The van der Waals surface area contributed by atoms with Crippen molar-refractivity contribution in [1.82, 2.24) is 9.80 Å². The van der Waals surface area contributed by atoms with Crippen LogP contribution in [-0.2, 0) is 9.53 Å². The number of likely N-dealkylation sites (N-methyl/N-ethyl adjacent to an activating group) is 1. The lowest BCUT2D eigenvalue weighted by Gasteiger charge is -2.46. The van der Waals surface area contributed by atoms with Gasteiger partial charge in [-0.05, 0) is 25.0 Å². The predicted molar refractivity (Wildman–Crippen MR) is 82.6 cm³/mol. The van der Waals surface area contributed by atoms with Gasteiger partial charge < -0.3 is 14.5 Å². The summed E-state index contributed by atoms with van der Waals surface area (Å²) in [5.74, 6) is -0.116. The molecule has 2 heterocycles. The zero-order valence-electron chi connectivity index (χ0n) is 13.1. The molecule has 0 bridgehead atoms. The summed E-state index contributed by atoms with van der Waals surface area (Å²) in [6.45, 7) is 1.83. The molecule has 0 radical (unpaired) electrons. The maximum Gasteiger partial charge on any atom is 0.255 e. The molecule has 0 N–H and O–H groups in total. The molecule has 0 unspecified atom stereocenters. The van der Waals surface area contributed by atoms with Crippen LogP contribution in [0.4, 0.5) is 0 Å². The maximum atomic E-state index is 12.6. The second-order valence-electron chi connectivity index (χ2n) is 6.17. The van der Waals surface area contributed by atoms with Gasteiger partial charge in [-0.3, -0.25) is 9.59 Å². The van der Waals surface area contributed by atoms with Crippen LogP contribution in [0.15, 0.2) is 24.3 Å². The van der Waals surface area contributed by atoms with E-state index in [-0.39, 0.29) is 24.0 Å². The summed E-state index contributed by atoms with van der Waals surface area (Å²) in [6, 6.07) is 8.93. The number of hydrogen-bond acceptors (Lipinski definition) is 4. The highest BCUT2D eigenvalue weighted by molar-refractivity contribution is 5.96. The fourth-order valence-corrected chi connectivity index (χ4v) is 3.25. The van der Waals surface area contributed by atoms with Crippen molar-refractivity contribution in [3.8, 4) is 6.07 Å². The highest BCUT2D eigenvalue weighted by atomic mass is 16.5. The van der Waals surface area contributed by atoms with Crippen molar-refractivity contribution in [3.63, 3.8) is 0 Å². The van der Waals surface area contributed by atoms with Crippen LogP contribution in [0.1, 0.15) is 28.8 Å². The number of carbonyl (C=O) groups is 2. The van der Waals surface area contributed by atoms with Gasteiger partial charge >= 0.3 is 0 Å². The van der Waals surface area contributed by atoms with Crippen LogP contribution < -0.4 is 0 Å². The van der Waals surface area contributed by atoms with Gasteiger partial charge in [0, 0.05) is 26.7 Å². The predicted octanol–water partition coefficient (Wildman–Crippen LogP) is 1.02. The number of amides is 2. The van der Waals surface area contributed by atoms with Gasteiger partial charge in [0.2, 0.25) is 5.91 Å². The van der Waals surface area contributed by atoms with Gasteiger partial charge in [-0.25, -0.2) is 0 Å². The fraction of sp³-hybridized carbons (Fsp3) is 0.471. The number of rotatable bonds is 1. The van der Waals surface area contributed by atoms with Crippen LogP contribution in [-0.4, -0.2) is 60.5 Å². The first-order chi connectivity index (χ1) is 11.0. The van der Waals surface area contributed by atoms with Crippen LogP contribution in [0.25, 0.3) is 0 Å². The van der Waals surface area contributed by atoms with Crippen LogP contribution in [0.3, 0.4) is 0 Å². The quantitative estimate of drug-likeness (QED) is 0.776. The number of nitrogens with zero attached hydrogens (tertiary/aromatic N) is 3. The first kappa shape index (κ1) is 15.5. The topological polar surface area (TPSA) is 73.6 Å². The van der Waals surface area contributed by atoms with Gasteiger partial charge in [-0.15, -0.1) is 0 Å². The zero-order chi connectivity index (χ0) is 16.4. The van der Waals surface area contributed by atoms with E-state index in [9.17, 15) is 9.59 Å². The molecule has 6 nitrogen and oxygen atoms in total. The van der Waals surface area contributed by atoms with Gasteiger partial charge in [0.25, 0.3) is 5.91 Å².